The molecule has 4 nitrogen and oxygen atoms in total. The Balaban J connectivity index is 2.09. The lowest BCUT2D eigenvalue weighted by Crippen LogP contribution is -2.44. The van der Waals surface area contributed by atoms with Gasteiger partial charge < -0.3 is 5.32 Å². The quantitative estimate of drug-likeness (QED) is 0.839. The Morgan fingerprint density at radius 3 is 2.45 bits per heavy atom. The van der Waals surface area contributed by atoms with Crippen molar-refractivity contribution in [2.45, 2.75) is 45.7 Å². The number of imide groups is 1. The summed E-state index contributed by atoms with van der Waals surface area (Å²) < 4.78 is 0. The van der Waals surface area contributed by atoms with E-state index in [-0.39, 0.29) is 11.9 Å². The third kappa shape index (κ3) is 3.00. The highest BCUT2D eigenvalue weighted by Crippen LogP contribution is 2.25. The minimum absolute atomic E-state index is 0.119. The number of hydrogen-bond donors (Lipinski definition) is 1. The smallest absolute Gasteiger partial charge is 0.323 e. The van der Waals surface area contributed by atoms with Gasteiger partial charge in [0.2, 0.25) is 0 Å². The van der Waals surface area contributed by atoms with Crippen LogP contribution in [0.5, 0.6) is 0 Å². The van der Waals surface area contributed by atoms with Crippen LogP contribution < -0.4 is 5.32 Å². The molecule has 108 valence electrons. The van der Waals surface area contributed by atoms with E-state index in [1.54, 1.807) is 0 Å². The number of rotatable bonds is 5. The predicted octanol–water partition coefficient (Wildman–Crippen LogP) is 2.93. The van der Waals surface area contributed by atoms with E-state index in [0.717, 1.165) is 12.0 Å². The Morgan fingerprint density at radius 1 is 1.20 bits per heavy atom. The molecule has 1 aliphatic rings. The van der Waals surface area contributed by atoms with Gasteiger partial charge in [-0.05, 0) is 31.2 Å². The van der Waals surface area contributed by atoms with E-state index in [9.17, 15) is 9.59 Å². The molecule has 0 aliphatic carbocycles. The van der Waals surface area contributed by atoms with Crippen LogP contribution >= 0.6 is 0 Å². The summed E-state index contributed by atoms with van der Waals surface area (Å²) >= 11 is 0. The van der Waals surface area contributed by atoms with Gasteiger partial charge in [0.1, 0.15) is 5.54 Å². The van der Waals surface area contributed by atoms with Gasteiger partial charge in [-0.15, -0.1) is 0 Å². The van der Waals surface area contributed by atoms with Gasteiger partial charge in [0.25, 0.3) is 5.91 Å². The molecule has 0 bridgehead atoms. The van der Waals surface area contributed by atoms with E-state index in [4.69, 9.17) is 0 Å². The first-order valence-corrected chi connectivity index (χ1v) is 7.10. The summed E-state index contributed by atoms with van der Waals surface area (Å²) in [4.78, 5) is 25.9. The lowest BCUT2D eigenvalue weighted by molar-refractivity contribution is -0.131. The summed E-state index contributed by atoms with van der Waals surface area (Å²) in [5.74, 6) is 0.395. The number of urea groups is 1. The van der Waals surface area contributed by atoms with Gasteiger partial charge in [-0.25, -0.2) is 4.79 Å². The standard InChI is InChI=1S/C16H22N2O2/c1-12(2)9-10-16(3)14(19)18(15(20)17-16)11-13-7-5-4-6-8-13/h4-8,12H,9-11H2,1-3H3,(H,17,20)/t16-/m0/s1. The maximum absolute atomic E-state index is 12.5. The van der Waals surface area contributed by atoms with Crippen LogP contribution in [-0.4, -0.2) is 22.4 Å². The predicted molar refractivity (Wildman–Crippen MR) is 78.0 cm³/mol. The zero-order valence-corrected chi connectivity index (χ0v) is 12.3. The molecule has 1 heterocycles. The maximum atomic E-state index is 12.5. The molecule has 1 aromatic rings. The van der Waals surface area contributed by atoms with Crippen LogP contribution in [0.4, 0.5) is 4.79 Å². The average molecular weight is 274 g/mol. The number of carbonyl (C=O) groups excluding carboxylic acids is 2. The summed E-state index contributed by atoms with van der Waals surface area (Å²) in [5.41, 5.74) is 0.208. The van der Waals surface area contributed by atoms with Crippen LogP contribution in [-0.2, 0) is 11.3 Å². The second kappa shape index (κ2) is 5.65. The average Bonchev–Trinajstić information content (AvgIpc) is 2.62. The van der Waals surface area contributed by atoms with Crippen LogP contribution in [0, 0.1) is 5.92 Å². The number of benzene rings is 1. The summed E-state index contributed by atoms with van der Waals surface area (Å²) in [6, 6.07) is 9.29. The molecule has 3 amide bonds. The maximum Gasteiger partial charge on any atom is 0.325 e. The SMILES string of the molecule is CC(C)CC[C@]1(C)NC(=O)N(Cc2ccccc2)C1=O. The van der Waals surface area contributed by atoms with Gasteiger partial charge in [-0.1, -0.05) is 44.2 Å². The van der Waals surface area contributed by atoms with Gasteiger partial charge >= 0.3 is 6.03 Å². The fraction of sp³-hybridized carbons (Fsp3) is 0.500. The molecular weight excluding hydrogens is 252 g/mol. The van der Waals surface area contributed by atoms with Gasteiger partial charge in [0, 0.05) is 0 Å². The van der Waals surface area contributed by atoms with Crippen LogP contribution in [0.25, 0.3) is 0 Å². The second-order valence-electron chi connectivity index (χ2n) is 6.07. The molecular formula is C16H22N2O2. The van der Waals surface area contributed by atoms with Gasteiger partial charge in [-0.2, -0.15) is 0 Å². The largest absolute Gasteiger partial charge is 0.325 e. The van der Waals surface area contributed by atoms with E-state index >= 15 is 0 Å². The Bertz CT molecular complexity index is 498. The first-order valence-electron chi connectivity index (χ1n) is 7.10. The highest BCUT2D eigenvalue weighted by Gasteiger charge is 2.47. The van der Waals surface area contributed by atoms with Gasteiger partial charge in [-0.3, -0.25) is 9.69 Å². The summed E-state index contributed by atoms with van der Waals surface area (Å²) in [6.45, 7) is 6.39. The summed E-state index contributed by atoms with van der Waals surface area (Å²) in [7, 11) is 0. The monoisotopic (exact) mass is 274 g/mol. The Morgan fingerprint density at radius 2 is 1.85 bits per heavy atom. The molecule has 0 saturated carbocycles. The van der Waals surface area contributed by atoms with Crippen molar-refractivity contribution in [3.05, 3.63) is 35.9 Å². The third-order valence-electron chi connectivity index (χ3n) is 3.75. The molecule has 20 heavy (non-hydrogen) atoms. The molecule has 1 aromatic carbocycles. The van der Waals surface area contributed by atoms with Crippen molar-refractivity contribution in [2.24, 2.45) is 5.92 Å². The lowest BCUT2D eigenvalue weighted by atomic mass is 9.92. The van der Waals surface area contributed by atoms with Crippen molar-refractivity contribution in [3.63, 3.8) is 0 Å². The van der Waals surface area contributed by atoms with Crippen LogP contribution in [0.15, 0.2) is 30.3 Å². The van der Waals surface area contributed by atoms with Crippen molar-refractivity contribution >= 4 is 11.9 Å². The molecule has 4 heteroatoms. The van der Waals surface area contributed by atoms with Gasteiger partial charge in [0.05, 0.1) is 6.54 Å². The highest BCUT2D eigenvalue weighted by atomic mass is 16.2. The molecule has 0 unspecified atom stereocenters. The van der Waals surface area contributed by atoms with E-state index < -0.39 is 5.54 Å². The van der Waals surface area contributed by atoms with E-state index in [0.29, 0.717) is 18.9 Å². The first-order chi connectivity index (χ1) is 9.42. The molecule has 0 radical (unpaired) electrons. The number of hydrogen-bond acceptors (Lipinski definition) is 2. The molecule has 0 spiro atoms. The number of amides is 3. The van der Waals surface area contributed by atoms with Crippen molar-refractivity contribution in [1.29, 1.82) is 0 Å². The Kier molecular flexibility index (Phi) is 4.12. The Hall–Kier alpha value is -1.84. The van der Waals surface area contributed by atoms with Crippen LogP contribution in [0.2, 0.25) is 0 Å². The molecule has 1 saturated heterocycles. The number of nitrogens with one attached hydrogen (secondary N) is 1. The van der Waals surface area contributed by atoms with E-state index in [1.807, 2.05) is 37.3 Å². The first kappa shape index (κ1) is 14.6. The normalized spacial score (nSPS) is 22.5. The zero-order valence-electron chi connectivity index (χ0n) is 12.3. The minimum atomic E-state index is -0.754. The molecule has 1 aliphatic heterocycles. The van der Waals surface area contributed by atoms with Crippen LogP contribution in [0.3, 0.4) is 0 Å². The summed E-state index contributed by atoms with van der Waals surface area (Å²) in [6.07, 6.45) is 1.60. The fourth-order valence-corrected chi connectivity index (χ4v) is 2.40. The van der Waals surface area contributed by atoms with Gasteiger partial charge in [0.15, 0.2) is 0 Å². The van der Waals surface area contributed by atoms with Crippen LogP contribution in [0.1, 0.15) is 39.2 Å². The molecule has 1 N–H and O–H groups in total. The minimum Gasteiger partial charge on any atom is -0.323 e. The topological polar surface area (TPSA) is 49.4 Å². The molecule has 1 fully saturated rings. The Labute approximate surface area is 120 Å². The lowest BCUT2D eigenvalue weighted by Gasteiger charge is -2.22. The second-order valence-corrected chi connectivity index (χ2v) is 6.07. The van der Waals surface area contributed by atoms with Crippen molar-refractivity contribution in [3.8, 4) is 0 Å². The third-order valence-corrected chi connectivity index (χ3v) is 3.75. The van der Waals surface area contributed by atoms with E-state index in [1.165, 1.54) is 4.90 Å². The van der Waals surface area contributed by atoms with Crippen molar-refractivity contribution < 1.29 is 9.59 Å². The highest BCUT2D eigenvalue weighted by molar-refractivity contribution is 6.06. The zero-order chi connectivity index (χ0) is 14.8. The molecule has 2 rings (SSSR count). The van der Waals surface area contributed by atoms with E-state index in [2.05, 4.69) is 19.2 Å². The molecule has 1 atom stereocenters. The fourth-order valence-electron chi connectivity index (χ4n) is 2.40. The number of nitrogens with zero attached hydrogens (tertiary/aromatic N) is 1. The summed E-state index contributed by atoms with van der Waals surface area (Å²) in [5, 5.41) is 2.84. The molecule has 0 aromatic heterocycles. The van der Waals surface area contributed by atoms with Crippen molar-refractivity contribution in [1.82, 2.24) is 10.2 Å². The van der Waals surface area contributed by atoms with Crippen molar-refractivity contribution in [2.75, 3.05) is 0 Å². The number of carbonyl (C=O) groups is 2.